The molecular formula is C12H17F3N2O3S. The van der Waals surface area contributed by atoms with E-state index in [1.165, 1.54) is 7.11 Å². The molecule has 1 atom stereocenters. The van der Waals surface area contributed by atoms with Crippen LogP contribution in [0.2, 0.25) is 0 Å². The van der Waals surface area contributed by atoms with Gasteiger partial charge in [0.05, 0.1) is 20.0 Å². The lowest BCUT2D eigenvalue weighted by Gasteiger charge is -2.27. The summed E-state index contributed by atoms with van der Waals surface area (Å²) in [6.45, 7) is 1.30. The Labute approximate surface area is 124 Å². The number of halogens is 3. The van der Waals surface area contributed by atoms with Gasteiger partial charge in [0, 0.05) is 24.0 Å². The number of aromatic nitrogens is 1. The van der Waals surface area contributed by atoms with E-state index in [-0.39, 0.29) is 13.2 Å². The smallest absolute Gasteiger partial charge is 0.422 e. The van der Waals surface area contributed by atoms with Crippen LogP contribution in [-0.2, 0) is 11.3 Å². The first-order chi connectivity index (χ1) is 9.82. The van der Waals surface area contributed by atoms with Crippen LogP contribution in [0, 0.1) is 0 Å². The number of hydrogen-bond acceptors (Lipinski definition) is 6. The van der Waals surface area contributed by atoms with Gasteiger partial charge in [0.1, 0.15) is 0 Å². The van der Waals surface area contributed by atoms with E-state index in [0.717, 1.165) is 17.8 Å². The Morgan fingerprint density at radius 2 is 2.19 bits per heavy atom. The molecule has 0 aliphatic heterocycles. The molecule has 9 heteroatoms. The number of aliphatic hydroxyl groups is 1. The minimum atomic E-state index is -4.81. The average Bonchev–Trinajstić information content (AvgIpc) is 2.86. The molecule has 0 amide bonds. The Morgan fingerprint density at radius 1 is 1.48 bits per heavy atom. The van der Waals surface area contributed by atoms with Crippen LogP contribution in [0.1, 0.15) is 11.8 Å². The molecule has 0 aromatic carbocycles. The lowest BCUT2D eigenvalue weighted by Crippen LogP contribution is -2.50. The van der Waals surface area contributed by atoms with Crippen LogP contribution in [0.25, 0.3) is 0 Å². The molecule has 1 rings (SSSR count). The number of rotatable bonds is 8. The molecule has 120 valence electrons. The predicted molar refractivity (Wildman–Crippen MR) is 72.1 cm³/mol. The minimum absolute atomic E-state index is 0.141. The summed E-state index contributed by atoms with van der Waals surface area (Å²) in [6.07, 6.45) is -3.36. The number of ether oxygens (including phenoxy) is 2. The van der Waals surface area contributed by atoms with Gasteiger partial charge < -0.3 is 19.9 Å². The van der Waals surface area contributed by atoms with Gasteiger partial charge in [-0.25, -0.2) is 0 Å². The maximum atomic E-state index is 12.9. The summed E-state index contributed by atoms with van der Waals surface area (Å²) in [5.41, 5.74) is -2.99. The molecule has 0 aliphatic rings. The van der Waals surface area contributed by atoms with E-state index >= 15 is 0 Å². The van der Waals surface area contributed by atoms with Crippen LogP contribution in [0.5, 0.6) is 5.88 Å². The Kier molecular flexibility index (Phi) is 6.43. The zero-order chi connectivity index (χ0) is 15.9. The minimum Gasteiger partial charge on any atom is -0.502 e. The van der Waals surface area contributed by atoms with Gasteiger partial charge in [-0.05, 0) is 24.5 Å². The number of hydrogen-bond donors (Lipinski definition) is 2. The number of nitrogens with one attached hydrogen (secondary N) is 1. The van der Waals surface area contributed by atoms with Gasteiger partial charge >= 0.3 is 6.18 Å². The third-order valence-electron chi connectivity index (χ3n) is 2.54. The molecule has 1 heterocycles. The zero-order valence-electron chi connectivity index (χ0n) is 11.6. The van der Waals surface area contributed by atoms with Gasteiger partial charge in [-0.15, -0.1) is 0 Å². The second-order valence-corrected chi connectivity index (χ2v) is 5.01. The van der Waals surface area contributed by atoms with Gasteiger partial charge in [0.15, 0.2) is 5.60 Å². The van der Waals surface area contributed by atoms with Crippen LogP contribution in [-0.4, -0.2) is 41.5 Å². The van der Waals surface area contributed by atoms with E-state index < -0.39 is 18.3 Å². The molecule has 0 aliphatic carbocycles. The lowest BCUT2D eigenvalue weighted by atomic mass is 10.0. The highest BCUT2D eigenvalue weighted by Gasteiger charge is 2.51. The average molecular weight is 326 g/mol. The van der Waals surface area contributed by atoms with E-state index in [1.54, 1.807) is 13.0 Å². The highest BCUT2D eigenvalue weighted by molar-refractivity contribution is 7.05. The third-order valence-corrected chi connectivity index (χ3v) is 3.31. The Bertz CT molecular complexity index is 465. The Hall–Kier alpha value is -1.32. The van der Waals surface area contributed by atoms with Crippen molar-refractivity contribution in [2.24, 2.45) is 0 Å². The van der Waals surface area contributed by atoms with Crippen molar-refractivity contribution in [3.05, 3.63) is 23.3 Å². The standard InChI is InChI=1S/C12H17F3N2O3S/c1-3-20-5-4-11(18,12(13,14)15)8-16-7-9-6-10(19-2)17-21-9/h4-6,16,18H,3,7-8H2,1-2H3/b5-4+. The molecule has 1 aromatic heterocycles. The summed E-state index contributed by atoms with van der Waals surface area (Å²) < 4.78 is 52.2. The van der Waals surface area contributed by atoms with Gasteiger partial charge in [-0.3, -0.25) is 0 Å². The van der Waals surface area contributed by atoms with Gasteiger partial charge in [-0.2, -0.15) is 17.5 Å². The third kappa shape index (κ3) is 5.18. The molecule has 0 radical (unpaired) electrons. The van der Waals surface area contributed by atoms with Crippen LogP contribution in [0.4, 0.5) is 13.2 Å². The molecule has 1 unspecified atom stereocenters. The van der Waals surface area contributed by atoms with Crippen LogP contribution in [0.3, 0.4) is 0 Å². The highest BCUT2D eigenvalue weighted by Crippen LogP contribution is 2.31. The molecule has 2 N–H and O–H groups in total. The summed E-state index contributed by atoms with van der Waals surface area (Å²) in [4.78, 5) is 0.699. The van der Waals surface area contributed by atoms with E-state index in [2.05, 4.69) is 9.69 Å². The molecule has 0 saturated carbocycles. The SMILES string of the molecule is CCO/C=C/C(O)(CNCc1cc(OC)ns1)C(F)(F)F. The first-order valence-electron chi connectivity index (χ1n) is 6.11. The van der Waals surface area contributed by atoms with Crippen molar-refractivity contribution in [3.8, 4) is 5.88 Å². The molecular weight excluding hydrogens is 309 g/mol. The maximum Gasteiger partial charge on any atom is 0.422 e. The summed E-state index contributed by atoms with van der Waals surface area (Å²) >= 11 is 1.11. The predicted octanol–water partition coefficient (Wildman–Crippen LogP) is 2.08. The van der Waals surface area contributed by atoms with E-state index in [1.807, 2.05) is 0 Å². The van der Waals surface area contributed by atoms with E-state index in [0.29, 0.717) is 16.8 Å². The van der Waals surface area contributed by atoms with Crippen molar-refractivity contribution in [2.75, 3.05) is 20.3 Å². The lowest BCUT2D eigenvalue weighted by molar-refractivity contribution is -0.238. The molecule has 0 saturated heterocycles. The number of nitrogens with zero attached hydrogens (tertiary/aromatic N) is 1. The second-order valence-electron chi connectivity index (χ2n) is 4.12. The molecule has 0 bridgehead atoms. The first kappa shape index (κ1) is 17.7. The summed E-state index contributed by atoms with van der Waals surface area (Å²) in [6, 6.07) is 1.61. The summed E-state index contributed by atoms with van der Waals surface area (Å²) in [7, 11) is 1.45. The molecule has 1 aromatic rings. The largest absolute Gasteiger partial charge is 0.502 e. The van der Waals surface area contributed by atoms with Crippen LogP contribution < -0.4 is 10.1 Å². The fourth-order valence-electron chi connectivity index (χ4n) is 1.36. The van der Waals surface area contributed by atoms with Crippen molar-refractivity contribution in [3.63, 3.8) is 0 Å². The van der Waals surface area contributed by atoms with Crippen LogP contribution in [0.15, 0.2) is 18.4 Å². The van der Waals surface area contributed by atoms with Crippen molar-refractivity contribution < 1.29 is 27.8 Å². The van der Waals surface area contributed by atoms with Crippen molar-refractivity contribution >= 4 is 11.5 Å². The fraction of sp³-hybridized carbons (Fsp3) is 0.583. The molecule has 21 heavy (non-hydrogen) atoms. The molecule has 0 fully saturated rings. The van der Waals surface area contributed by atoms with Gasteiger partial charge in [0.25, 0.3) is 0 Å². The Balaban J connectivity index is 2.61. The monoisotopic (exact) mass is 326 g/mol. The summed E-state index contributed by atoms with van der Waals surface area (Å²) in [5.74, 6) is 0.402. The van der Waals surface area contributed by atoms with E-state index in [9.17, 15) is 18.3 Å². The van der Waals surface area contributed by atoms with Crippen molar-refractivity contribution in [1.29, 1.82) is 0 Å². The number of alkyl halides is 3. The van der Waals surface area contributed by atoms with Crippen molar-refractivity contribution in [2.45, 2.75) is 25.2 Å². The highest BCUT2D eigenvalue weighted by atomic mass is 32.1. The quantitative estimate of drug-likeness (QED) is 0.716. The number of methoxy groups -OCH3 is 1. The van der Waals surface area contributed by atoms with Gasteiger partial charge in [0.2, 0.25) is 5.88 Å². The fourth-order valence-corrected chi connectivity index (χ4v) is 2.01. The van der Waals surface area contributed by atoms with E-state index in [4.69, 9.17) is 9.47 Å². The summed E-state index contributed by atoms with van der Waals surface area (Å²) in [5, 5.41) is 12.3. The molecule has 0 spiro atoms. The Morgan fingerprint density at radius 3 is 2.71 bits per heavy atom. The zero-order valence-corrected chi connectivity index (χ0v) is 12.4. The molecule has 5 nitrogen and oxygen atoms in total. The van der Waals surface area contributed by atoms with Gasteiger partial charge in [-0.1, -0.05) is 0 Å². The normalized spacial score (nSPS) is 15.1. The maximum absolute atomic E-state index is 12.9. The topological polar surface area (TPSA) is 63.6 Å². The first-order valence-corrected chi connectivity index (χ1v) is 6.88. The van der Waals surface area contributed by atoms with Crippen LogP contribution >= 0.6 is 11.5 Å². The van der Waals surface area contributed by atoms with Crippen molar-refractivity contribution in [1.82, 2.24) is 9.69 Å². The second kappa shape index (κ2) is 7.62.